The average Bonchev–Trinajstić information content (AvgIpc) is 2.44. The van der Waals surface area contributed by atoms with E-state index in [-0.39, 0.29) is 5.56 Å². The van der Waals surface area contributed by atoms with Gasteiger partial charge >= 0.3 is 0 Å². The van der Waals surface area contributed by atoms with Gasteiger partial charge < -0.3 is 11.1 Å². The molecule has 0 heterocycles. The Kier molecular flexibility index (Phi) is 3.93. The van der Waals surface area contributed by atoms with Crippen molar-refractivity contribution in [1.29, 1.82) is 0 Å². The van der Waals surface area contributed by atoms with E-state index in [2.05, 4.69) is 5.32 Å². The van der Waals surface area contributed by atoms with E-state index in [0.717, 1.165) is 11.6 Å². The van der Waals surface area contributed by atoms with Crippen molar-refractivity contribution in [3.05, 3.63) is 65.2 Å². The third-order valence-corrected chi connectivity index (χ3v) is 3.43. The summed E-state index contributed by atoms with van der Waals surface area (Å²) in [6.45, 7) is 3.34. The topological polar surface area (TPSA) is 55.1 Å². The first-order valence-electron chi connectivity index (χ1n) is 6.44. The van der Waals surface area contributed by atoms with E-state index in [1.165, 1.54) is 19.1 Å². The van der Waals surface area contributed by atoms with Crippen LogP contribution in [0.15, 0.2) is 42.5 Å². The molecule has 5 heteroatoms. The maximum absolute atomic E-state index is 14.0. The zero-order chi connectivity index (χ0) is 15.6. The fourth-order valence-corrected chi connectivity index (χ4v) is 2.08. The Balaban J connectivity index is 2.48. The van der Waals surface area contributed by atoms with Gasteiger partial charge in [0.1, 0.15) is 5.54 Å². The van der Waals surface area contributed by atoms with Crippen LogP contribution in [0.4, 0.5) is 14.5 Å². The van der Waals surface area contributed by atoms with Gasteiger partial charge in [-0.3, -0.25) is 4.79 Å². The zero-order valence-corrected chi connectivity index (χ0v) is 11.8. The number of hydrogen-bond acceptors (Lipinski definition) is 2. The maximum Gasteiger partial charge on any atom is 0.247 e. The Labute approximate surface area is 121 Å². The van der Waals surface area contributed by atoms with Gasteiger partial charge in [0.05, 0.1) is 0 Å². The number of amides is 1. The second-order valence-electron chi connectivity index (χ2n) is 5.08. The molecule has 1 amide bonds. The Morgan fingerprint density at radius 3 is 2.33 bits per heavy atom. The minimum atomic E-state index is -1.55. The normalized spacial score (nSPS) is 13.5. The lowest BCUT2D eigenvalue weighted by Crippen LogP contribution is -2.46. The number of aryl methyl sites for hydroxylation is 1. The first-order valence-corrected chi connectivity index (χ1v) is 6.44. The summed E-state index contributed by atoms with van der Waals surface area (Å²) in [5.41, 5.74) is 5.35. The number of carbonyl (C=O) groups is 1. The number of halogens is 2. The fourth-order valence-electron chi connectivity index (χ4n) is 2.08. The predicted octanol–water partition coefficient (Wildman–Crippen LogP) is 3.09. The Morgan fingerprint density at radius 2 is 1.76 bits per heavy atom. The maximum atomic E-state index is 14.0. The zero-order valence-electron chi connectivity index (χ0n) is 11.8. The van der Waals surface area contributed by atoms with Crippen molar-refractivity contribution in [1.82, 2.24) is 0 Å². The van der Waals surface area contributed by atoms with Crippen molar-refractivity contribution in [2.24, 2.45) is 5.73 Å². The van der Waals surface area contributed by atoms with Crippen LogP contribution in [0, 0.1) is 18.6 Å². The summed E-state index contributed by atoms with van der Waals surface area (Å²) in [6.07, 6.45) is 0. The summed E-state index contributed by atoms with van der Waals surface area (Å²) in [4.78, 5) is 11.8. The van der Waals surface area contributed by atoms with Crippen molar-refractivity contribution in [3.63, 3.8) is 0 Å². The molecule has 3 nitrogen and oxygen atoms in total. The van der Waals surface area contributed by atoms with E-state index in [9.17, 15) is 13.6 Å². The van der Waals surface area contributed by atoms with Crippen molar-refractivity contribution in [2.45, 2.75) is 19.4 Å². The Hall–Kier alpha value is -2.43. The van der Waals surface area contributed by atoms with Crippen LogP contribution in [0.25, 0.3) is 0 Å². The molecule has 0 radical (unpaired) electrons. The van der Waals surface area contributed by atoms with E-state index in [4.69, 9.17) is 5.73 Å². The number of anilines is 1. The summed E-state index contributed by atoms with van der Waals surface area (Å²) in [5.74, 6) is -2.91. The molecular weight excluding hydrogens is 274 g/mol. The highest BCUT2D eigenvalue weighted by molar-refractivity contribution is 5.89. The molecule has 0 aliphatic rings. The van der Waals surface area contributed by atoms with Gasteiger partial charge in [0, 0.05) is 11.3 Å². The summed E-state index contributed by atoms with van der Waals surface area (Å²) >= 11 is 0. The molecule has 0 spiro atoms. The van der Waals surface area contributed by atoms with Crippen molar-refractivity contribution >= 4 is 11.6 Å². The lowest BCUT2D eigenvalue weighted by Gasteiger charge is -2.29. The molecular formula is C16H16F2N2O. The summed E-state index contributed by atoms with van der Waals surface area (Å²) in [6, 6.07) is 10.8. The first-order chi connectivity index (χ1) is 9.84. The quantitative estimate of drug-likeness (QED) is 0.909. The number of rotatable bonds is 4. The fraction of sp³-hybridized carbons (Fsp3) is 0.188. The van der Waals surface area contributed by atoms with Crippen molar-refractivity contribution < 1.29 is 13.6 Å². The molecule has 21 heavy (non-hydrogen) atoms. The average molecular weight is 290 g/mol. The lowest BCUT2D eigenvalue weighted by atomic mass is 9.90. The van der Waals surface area contributed by atoms with Gasteiger partial charge in [0.15, 0.2) is 11.6 Å². The second-order valence-corrected chi connectivity index (χ2v) is 5.08. The van der Waals surface area contributed by atoms with Gasteiger partial charge in [-0.2, -0.15) is 0 Å². The smallest absolute Gasteiger partial charge is 0.247 e. The van der Waals surface area contributed by atoms with Crippen LogP contribution < -0.4 is 11.1 Å². The van der Waals surface area contributed by atoms with Gasteiger partial charge in [0.2, 0.25) is 5.91 Å². The number of nitrogens with one attached hydrogen (secondary N) is 1. The van der Waals surface area contributed by atoms with Crippen LogP contribution in [-0.2, 0) is 10.3 Å². The van der Waals surface area contributed by atoms with E-state index in [1.54, 1.807) is 12.1 Å². The largest absolute Gasteiger partial charge is 0.368 e. The minimum absolute atomic E-state index is 0.129. The molecule has 1 atom stereocenters. The van der Waals surface area contributed by atoms with Crippen LogP contribution in [0.3, 0.4) is 0 Å². The molecule has 1 unspecified atom stereocenters. The van der Waals surface area contributed by atoms with Crippen LogP contribution in [0.1, 0.15) is 18.1 Å². The first kappa shape index (κ1) is 15.0. The molecule has 2 aromatic rings. The molecule has 3 N–H and O–H groups in total. The molecule has 0 saturated carbocycles. The predicted molar refractivity (Wildman–Crippen MR) is 77.7 cm³/mol. The molecule has 2 aromatic carbocycles. The highest BCUT2D eigenvalue weighted by atomic mass is 19.2. The van der Waals surface area contributed by atoms with E-state index < -0.39 is 23.1 Å². The number of carbonyl (C=O) groups excluding carboxylic acids is 1. The van der Waals surface area contributed by atoms with Gasteiger partial charge in [-0.1, -0.05) is 29.8 Å². The van der Waals surface area contributed by atoms with Gasteiger partial charge in [-0.05, 0) is 32.0 Å². The van der Waals surface area contributed by atoms with Crippen LogP contribution in [0.2, 0.25) is 0 Å². The number of hydrogen-bond donors (Lipinski definition) is 2. The molecule has 0 fully saturated rings. The number of primary amides is 1. The standard InChI is InChI=1S/C16H16F2N2O/c1-10-6-8-11(9-7-10)20-16(2,15(19)21)12-4-3-5-13(17)14(12)18/h3-9,20H,1-2H3,(H2,19,21). The van der Waals surface area contributed by atoms with E-state index in [0.29, 0.717) is 5.69 Å². The van der Waals surface area contributed by atoms with E-state index >= 15 is 0 Å². The monoisotopic (exact) mass is 290 g/mol. The van der Waals surface area contributed by atoms with Gasteiger partial charge in [-0.15, -0.1) is 0 Å². The van der Waals surface area contributed by atoms with E-state index in [1.807, 2.05) is 19.1 Å². The lowest BCUT2D eigenvalue weighted by molar-refractivity contribution is -0.122. The van der Waals surface area contributed by atoms with Crippen LogP contribution in [-0.4, -0.2) is 5.91 Å². The Bertz CT molecular complexity index is 670. The highest BCUT2D eigenvalue weighted by Crippen LogP contribution is 2.29. The van der Waals surface area contributed by atoms with Crippen molar-refractivity contribution in [3.8, 4) is 0 Å². The molecule has 0 aliphatic carbocycles. The van der Waals surface area contributed by atoms with Crippen molar-refractivity contribution in [2.75, 3.05) is 5.32 Å². The summed E-state index contributed by atoms with van der Waals surface area (Å²) in [5, 5.41) is 2.89. The Morgan fingerprint density at radius 1 is 1.14 bits per heavy atom. The second kappa shape index (κ2) is 5.52. The van der Waals surface area contributed by atoms with Crippen LogP contribution >= 0.6 is 0 Å². The minimum Gasteiger partial charge on any atom is -0.368 e. The third kappa shape index (κ3) is 2.86. The molecule has 0 saturated heterocycles. The molecule has 0 bridgehead atoms. The summed E-state index contributed by atoms with van der Waals surface area (Å²) < 4.78 is 27.4. The SMILES string of the molecule is Cc1ccc(NC(C)(C(N)=O)c2cccc(F)c2F)cc1. The van der Waals surface area contributed by atoms with Gasteiger partial charge in [0.25, 0.3) is 0 Å². The summed E-state index contributed by atoms with van der Waals surface area (Å²) in [7, 11) is 0. The molecule has 0 aromatic heterocycles. The van der Waals surface area contributed by atoms with Gasteiger partial charge in [-0.25, -0.2) is 8.78 Å². The molecule has 0 aliphatic heterocycles. The number of nitrogens with two attached hydrogens (primary N) is 1. The molecule has 2 rings (SSSR count). The highest BCUT2D eigenvalue weighted by Gasteiger charge is 2.36. The number of benzene rings is 2. The molecule has 110 valence electrons. The third-order valence-electron chi connectivity index (χ3n) is 3.43. The van der Waals surface area contributed by atoms with Crippen LogP contribution in [0.5, 0.6) is 0 Å².